The molecule has 1 atom stereocenters. The molecule has 0 radical (unpaired) electrons. The molecular weight excluding hydrogens is 452 g/mol. The number of aliphatic hydroxyl groups excluding tert-OH is 1. The zero-order valence-electron chi connectivity index (χ0n) is 19.2. The van der Waals surface area contributed by atoms with Crippen LogP contribution >= 0.6 is 11.6 Å². The van der Waals surface area contributed by atoms with Gasteiger partial charge in [0.05, 0.1) is 43.3 Å². The second-order valence-corrected chi connectivity index (χ2v) is 8.84. The van der Waals surface area contributed by atoms with Gasteiger partial charge in [0, 0.05) is 30.3 Å². The van der Waals surface area contributed by atoms with Crippen molar-refractivity contribution in [1.82, 2.24) is 14.6 Å². The van der Waals surface area contributed by atoms with Crippen LogP contribution in [0.1, 0.15) is 18.5 Å². The summed E-state index contributed by atoms with van der Waals surface area (Å²) < 4.78 is 12.7. The molecule has 2 aromatic heterocycles. The van der Waals surface area contributed by atoms with Crippen LogP contribution in [0.3, 0.4) is 0 Å². The fourth-order valence-corrected chi connectivity index (χ4v) is 4.86. The van der Waals surface area contributed by atoms with E-state index in [0.29, 0.717) is 11.6 Å². The average molecular weight is 479 g/mol. The van der Waals surface area contributed by atoms with E-state index in [9.17, 15) is 5.11 Å². The van der Waals surface area contributed by atoms with Gasteiger partial charge < -0.3 is 19.5 Å². The Balaban J connectivity index is 1.79. The molecule has 0 spiro atoms. The standard InChI is InChI=1S/C26H27ClN4O3/c1-33-16-22-25(17-8-10-21(34-2)11-9-17)26-28-24(30-12-4-7-20(30)15-32)14-23(31(26)29-22)18-5-3-6-19(27)13-18/h3,5-6,8-11,13-14,20,32H,4,7,12,15-16H2,1-2H3/t20-/m0/s1. The maximum Gasteiger partial charge on any atom is 0.166 e. The Morgan fingerprint density at radius 3 is 2.62 bits per heavy atom. The van der Waals surface area contributed by atoms with Crippen LogP contribution in [0.15, 0.2) is 54.6 Å². The highest BCUT2D eigenvalue weighted by atomic mass is 35.5. The fraction of sp³-hybridized carbons (Fsp3) is 0.308. The van der Waals surface area contributed by atoms with Gasteiger partial charge in [-0.2, -0.15) is 5.10 Å². The van der Waals surface area contributed by atoms with Crippen LogP contribution in [0.4, 0.5) is 5.82 Å². The van der Waals surface area contributed by atoms with Crippen LogP contribution in [-0.4, -0.2) is 53.1 Å². The van der Waals surface area contributed by atoms with Crippen LogP contribution < -0.4 is 9.64 Å². The summed E-state index contributed by atoms with van der Waals surface area (Å²) in [6.07, 6.45) is 1.96. The molecular formula is C26H27ClN4O3. The predicted octanol–water partition coefficient (Wildman–Crippen LogP) is 4.83. The molecule has 5 rings (SSSR count). The summed E-state index contributed by atoms with van der Waals surface area (Å²) in [5.74, 6) is 1.60. The molecule has 0 amide bonds. The van der Waals surface area contributed by atoms with E-state index in [1.165, 1.54) is 0 Å². The van der Waals surface area contributed by atoms with Crippen LogP contribution in [0.2, 0.25) is 5.02 Å². The van der Waals surface area contributed by atoms with Gasteiger partial charge in [-0.1, -0.05) is 35.9 Å². The Bertz CT molecular complexity index is 1310. The van der Waals surface area contributed by atoms with Crippen molar-refractivity contribution >= 4 is 23.1 Å². The third kappa shape index (κ3) is 4.11. The minimum absolute atomic E-state index is 0.0490. The first kappa shape index (κ1) is 22.7. The Labute approximate surface area is 203 Å². The maximum absolute atomic E-state index is 9.96. The highest BCUT2D eigenvalue weighted by Gasteiger charge is 2.28. The lowest BCUT2D eigenvalue weighted by Crippen LogP contribution is -2.32. The van der Waals surface area contributed by atoms with Gasteiger partial charge in [-0.05, 0) is 42.7 Å². The molecule has 0 aliphatic carbocycles. The van der Waals surface area contributed by atoms with Crippen molar-refractivity contribution in [3.05, 3.63) is 65.3 Å². The first-order valence-electron chi connectivity index (χ1n) is 11.3. The fourth-order valence-electron chi connectivity index (χ4n) is 4.67. The zero-order valence-corrected chi connectivity index (χ0v) is 20.0. The molecule has 8 heteroatoms. The summed E-state index contributed by atoms with van der Waals surface area (Å²) in [4.78, 5) is 7.27. The third-order valence-corrected chi connectivity index (χ3v) is 6.55. The molecule has 176 valence electrons. The number of aromatic nitrogens is 3. The highest BCUT2D eigenvalue weighted by Crippen LogP contribution is 2.36. The smallest absolute Gasteiger partial charge is 0.166 e. The third-order valence-electron chi connectivity index (χ3n) is 6.31. The molecule has 7 nitrogen and oxygen atoms in total. The maximum atomic E-state index is 9.96. The van der Waals surface area contributed by atoms with Gasteiger partial charge in [0.2, 0.25) is 0 Å². The second kappa shape index (κ2) is 9.62. The van der Waals surface area contributed by atoms with Crippen molar-refractivity contribution in [2.45, 2.75) is 25.5 Å². The number of halogens is 1. The van der Waals surface area contributed by atoms with Crippen molar-refractivity contribution in [3.63, 3.8) is 0 Å². The van der Waals surface area contributed by atoms with E-state index in [2.05, 4.69) is 4.90 Å². The minimum atomic E-state index is 0.0490. The molecule has 0 bridgehead atoms. The summed E-state index contributed by atoms with van der Waals surface area (Å²) in [7, 11) is 3.31. The summed E-state index contributed by atoms with van der Waals surface area (Å²) in [5, 5.41) is 15.5. The second-order valence-electron chi connectivity index (χ2n) is 8.40. The molecule has 3 heterocycles. The molecule has 1 aliphatic heterocycles. The number of anilines is 1. The molecule has 1 saturated heterocycles. The van der Waals surface area contributed by atoms with E-state index in [-0.39, 0.29) is 12.6 Å². The Hall–Kier alpha value is -3.13. The van der Waals surface area contributed by atoms with E-state index < -0.39 is 0 Å². The van der Waals surface area contributed by atoms with Gasteiger partial charge in [-0.3, -0.25) is 0 Å². The number of nitrogens with zero attached hydrogens (tertiary/aromatic N) is 4. The zero-order chi connectivity index (χ0) is 23.7. The largest absolute Gasteiger partial charge is 0.497 e. The average Bonchev–Trinajstić information content (AvgIpc) is 3.48. The van der Waals surface area contributed by atoms with Crippen molar-refractivity contribution in [1.29, 1.82) is 0 Å². The van der Waals surface area contributed by atoms with Crippen molar-refractivity contribution < 1.29 is 14.6 Å². The first-order chi connectivity index (χ1) is 16.6. The van der Waals surface area contributed by atoms with E-state index >= 15 is 0 Å². The monoisotopic (exact) mass is 478 g/mol. The summed E-state index contributed by atoms with van der Waals surface area (Å²) in [5.41, 5.74) is 5.23. The van der Waals surface area contributed by atoms with Gasteiger partial charge in [0.15, 0.2) is 5.65 Å². The van der Waals surface area contributed by atoms with Gasteiger partial charge in [-0.25, -0.2) is 9.50 Å². The van der Waals surface area contributed by atoms with E-state index in [0.717, 1.165) is 64.7 Å². The predicted molar refractivity (Wildman–Crippen MR) is 134 cm³/mol. The summed E-state index contributed by atoms with van der Waals surface area (Å²) in [6.45, 7) is 1.29. The lowest BCUT2D eigenvalue weighted by atomic mass is 10.1. The normalized spacial score (nSPS) is 15.9. The number of ether oxygens (including phenoxy) is 2. The van der Waals surface area contributed by atoms with Crippen LogP contribution in [0, 0.1) is 0 Å². The number of methoxy groups -OCH3 is 2. The number of hydrogen-bond donors (Lipinski definition) is 1. The van der Waals surface area contributed by atoms with E-state index in [1.807, 2.05) is 59.1 Å². The molecule has 2 aromatic carbocycles. The summed E-state index contributed by atoms with van der Waals surface area (Å²) in [6, 6.07) is 17.7. The molecule has 0 unspecified atom stereocenters. The SMILES string of the molecule is COCc1nn2c(-c3cccc(Cl)c3)cc(N3CCC[C@H]3CO)nc2c1-c1ccc(OC)cc1. The van der Waals surface area contributed by atoms with Gasteiger partial charge in [0.1, 0.15) is 11.6 Å². The molecule has 34 heavy (non-hydrogen) atoms. The van der Waals surface area contributed by atoms with Crippen molar-refractivity contribution in [2.24, 2.45) is 0 Å². The minimum Gasteiger partial charge on any atom is -0.497 e. The first-order valence-corrected chi connectivity index (χ1v) is 11.7. The van der Waals surface area contributed by atoms with Crippen molar-refractivity contribution in [3.8, 4) is 28.1 Å². The highest BCUT2D eigenvalue weighted by molar-refractivity contribution is 6.30. The van der Waals surface area contributed by atoms with Crippen LogP contribution in [0.25, 0.3) is 28.0 Å². The van der Waals surface area contributed by atoms with Gasteiger partial charge in [0.25, 0.3) is 0 Å². The van der Waals surface area contributed by atoms with E-state index in [1.54, 1.807) is 14.2 Å². The van der Waals surface area contributed by atoms with E-state index in [4.69, 9.17) is 31.2 Å². The molecule has 1 fully saturated rings. The van der Waals surface area contributed by atoms with Crippen LogP contribution in [0.5, 0.6) is 5.75 Å². The van der Waals surface area contributed by atoms with Crippen molar-refractivity contribution in [2.75, 3.05) is 32.3 Å². The molecule has 0 saturated carbocycles. The Kier molecular flexibility index (Phi) is 6.41. The summed E-state index contributed by atoms with van der Waals surface area (Å²) >= 11 is 6.35. The molecule has 4 aromatic rings. The molecule has 1 aliphatic rings. The number of aliphatic hydroxyl groups is 1. The number of hydrogen-bond acceptors (Lipinski definition) is 6. The number of benzene rings is 2. The van der Waals surface area contributed by atoms with Gasteiger partial charge >= 0.3 is 0 Å². The topological polar surface area (TPSA) is 72.1 Å². The number of rotatable bonds is 7. The van der Waals surface area contributed by atoms with Gasteiger partial charge in [-0.15, -0.1) is 0 Å². The number of fused-ring (bicyclic) bond motifs is 1. The molecule has 1 N–H and O–H groups in total. The lowest BCUT2D eigenvalue weighted by molar-refractivity contribution is 0.181. The van der Waals surface area contributed by atoms with Crippen LogP contribution in [-0.2, 0) is 11.3 Å². The Morgan fingerprint density at radius 1 is 1.09 bits per heavy atom. The lowest BCUT2D eigenvalue weighted by Gasteiger charge is -2.25. The quantitative estimate of drug-likeness (QED) is 0.410. The Morgan fingerprint density at radius 2 is 1.91 bits per heavy atom.